The van der Waals surface area contributed by atoms with Crippen LogP contribution in [0.4, 0.5) is 0 Å². The summed E-state index contributed by atoms with van der Waals surface area (Å²) in [5, 5.41) is 11.9. The Labute approximate surface area is 716 Å². The van der Waals surface area contributed by atoms with Crippen molar-refractivity contribution in [1.29, 1.82) is 0 Å². The number of benzene rings is 6. The molecule has 3 fully saturated rings. The van der Waals surface area contributed by atoms with Gasteiger partial charge >= 0.3 is 0 Å². The summed E-state index contributed by atoms with van der Waals surface area (Å²) in [4.78, 5) is 120. The summed E-state index contributed by atoms with van der Waals surface area (Å²) in [6.45, 7) is 9.10. The first-order valence-corrected chi connectivity index (χ1v) is 40.7. The molecule has 0 saturated carbocycles. The number of nitrogens with one attached hydrogen (secondary N) is 3. The third-order valence-electron chi connectivity index (χ3n) is 21.9. The minimum Gasteiger partial charge on any atom is -0.490 e. The summed E-state index contributed by atoms with van der Waals surface area (Å²) in [6, 6.07) is 61.6. The van der Waals surface area contributed by atoms with Gasteiger partial charge in [-0.05, 0) is 205 Å². The number of methoxy groups -OCH3 is 1. The summed E-state index contributed by atoms with van der Waals surface area (Å²) in [7, 11) is 4.93. The highest BCUT2D eigenvalue weighted by atomic mass is 16.5. The molecule has 14 aromatic rings. The van der Waals surface area contributed by atoms with Crippen LogP contribution >= 0.6 is 0 Å². The summed E-state index contributed by atoms with van der Waals surface area (Å²) < 4.78 is 29.9. The minimum absolute atomic E-state index is 0.0221. The molecular weight excluding hydrogens is 1570 g/mol. The van der Waals surface area contributed by atoms with Crippen LogP contribution in [0.3, 0.4) is 0 Å². The number of hydrogen-bond donors (Lipinski definition) is 5. The van der Waals surface area contributed by atoms with E-state index in [0.717, 1.165) is 124 Å². The lowest BCUT2D eigenvalue weighted by atomic mass is 10.00. The van der Waals surface area contributed by atoms with E-state index in [0.29, 0.717) is 96.8 Å². The van der Waals surface area contributed by atoms with Gasteiger partial charge in [-0.25, -0.2) is 4.98 Å². The van der Waals surface area contributed by atoms with E-state index < -0.39 is 11.8 Å². The number of pyridine rings is 8. The van der Waals surface area contributed by atoms with Crippen LogP contribution in [-0.4, -0.2) is 144 Å². The molecule has 7 N–H and O–H groups in total. The Morgan fingerprint density at radius 1 is 0.492 bits per heavy atom. The van der Waals surface area contributed by atoms with E-state index in [2.05, 4.69) is 92.2 Å². The number of hydrogen-bond acceptors (Lipinski definition) is 20. The van der Waals surface area contributed by atoms with E-state index in [1.54, 1.807) is 119 Å². The van der Waals surface area contributed by atoms with Crippen LogP contribution in [0.25, 0.3) is 88.1 Å². The summed E-state index contributed by atoms with van der Waals surface area (Å²) >= 11 is 0. The molecule has 8 aromatic heterocycles. The zero-order valence-corrected chi connectivity index (χ0v) is 69.4. The standard InChI is InChI=1S/C27H29N3O3.C26H24N4O3.C22H22N4O3.C22H18N4O3/c1-18(22-15-26(31)29-16-22)33-25-14-21(13-24-23(25)5-4-11-28-24)20-9-7-19(8-10-20)17-30-12-3-2-6-27(30)32;1-17(31)30(2)15-18-7-9-19(10-8-18)20-13-23-21(5-3-11-28-23)25(14-20)33-16-24-22(26(27)32)6-4-12-29-24;1-13(16-10-21(27)26-12-16)29-20-9-15(8-19-17(20)4-3-7-24-19)14-5-6-18(25-11-14)22(28)23-2;1-28-21-7-6-14(12-26-21)15-10-18-16(4-2-8-24-18)20(11-15)29-13-19-17(22(23)27)5-3-9-25-19/h4-5,7-11,13-14,18,22H,2-3,6,12,15-17H2,1H3,(H,29,31);3-14H,15-16H2,1-2H3,(H2,27,32);3-9,11,13,16H,10,12H2,1-2H3,(H,23,28)(H,26,27);2-12H,13H2,1H3,(H2,23,27)/t18-,22-;;13-,16-;/m1.1./s1. The quantitative estimate of drug-likeness (QED) is 0.0375. The van der Waals surface area contributed by atoms with Crippen molar-refractivity contribution in [2.24, 2.45) is 23.3 Å². The van der Waals surface area contributed by atoms with E-state index in [4.69, 9.17) is 35.2 Å². The molecule has 6 aromatic carbocycles. The van der Waals surface area contributed by atoms with Gasteiger partial charge in [0.2, 0.25) is 29.5 Å². The number of piperidine rings is 1. The number of nitrogens with two attached hydrogens (primary N) is 2. The van der Waals surface area contributed by atoms with Crippen molar-refractivity contribution in [3.05, 3.63) is 283 Å². The second-order valence-corrected chi connectivity index (χ2v) is 30.3. The third kappa shape index (κ3) is 21.2. The average Bonchev–Trinajstić information content (AvgIpc) is 0.870. The normalized spacial score (nSPS) is 14.5. The van der Waals surface area contributed by atoms with Gasteiger partial charge in [0.1, 0.15) is 54.1 Å². The lowest BCUT2D eigenvalue weighted by molar-refractivity contribution is -0.134. The zero-order chi connectivity index (χ0) is 86.8. The van der Waals surface area contributed by atoms with Crippen LogP contribution < -0.4 is 51.1 Å². The molecule has 0 aliphatic carbocycles. The van der Waals surface area contributed by atoms with Crippen molar-refractivity contribution in [2.75, 3.05) is 40.8 Å². The van der Waals surface area contributed by atoms with Gasteiger partial charge in [-0.2, -0.15) is 0 Å². The predicted molar refractivity (Wildman–Crippen MR) is 472 cm³/mol. The fourth-order valence-electron chi connectivity index (χ4n) is 14.8. The van der Waals surface area contributed by atoms with Gasteiger partial charge in [0.25, 0.3) is 17.7 Å². The molecule has 11 heterocycles. The highest BCUT2D eigenvalue weighted by Gasteiger charge is 2.31. The summed E-state index contributed by atoms with van der Waals surface area (Å²) in [5.41, 5.74) is 25.9. The van der Waals surface area contributed by atoms with Gasteiger partial charge < -0.3 is 60.9 Å². The van der Waals surface area contributed by atoms with E-state index >= 15 is 0 Å². The number of amides is 7. The van der Waals surface area contributed by atoms with Gasteiger partial charge in [0.05, 0.1) is 51.7 Å². The number of rotatable bonds is 24. The van der Waals surface area contributed by atoms with E-state index in [1.165, 1.54) is 0 Å². The van der Waals surface area contributed by atoms with Crippen LogP contribution in [0.2, 0.25) is 0 Å². The lowest BCUT2D eigenvalue weighted by Gasteiger charge is -2.26. The Hall–Kier alpha value is -15.2. The van der Waals surface area contributed by atoms with Crippen LogP contribution in [0.5, 0.6) is 28.9 Å². The Balaban J connectivity index is 0.000000135. The first-order chi connectivity index (χ1) is 60.2. The summed E-state index contributed by atoms with van der Waals surface area (Å²) in [6.07, 6.45) is 17.1. The maximum Gasteiger partial charge on any atom is 0.269 e. The number of likely N-dealkylation sites (tertiary alicyclic amines) is 1. The second kappa shape index (κ2) is 39.8. The van der Waals surface area contributed by atoms with E-state index in [-0.39, 0.29) is 66.8 Å². The van der Waals surface area contributed by atoms with Crippen molar-refractivity contribution < 1.29 is 57.2 Å². The van der Waals surface area contributed by atoms with Crippen molar-refractivity contribution >= 4 is 85.0 Å². The number of carbonyl (C=O) groups excluding carboxylic acids is 7. The van der Waals surface area contributed by atoms with Crippen molar-refractivity contribution in [3.63, 3.8) is 0 Å². The topological polar surface area (TPSA) is 363 Å². The fraction of sp³-hybridized carbons (Fsp3) is 0.227. The first-order valence-electron chi connectivity index (χ1n) is 40.7. The zero-order valence-electron chi connectivity index (χ0n) is 69.4. The molecule has 3 aliphatic heterocycles. The fourth-order valence-corrected chi connectivity index (χ4v) is 14.8. The highest BCUT2D eigenvalue weighted by Crippen LogP contribution is 2.39. The lowest BCUT2D eigenvalue weighted by Crippen LogP contribution is -2.34. The Kier molecular flexibility index (Phi) is 27.4. The number of aromatic nitrogens is 8. The molecule has 17 rings (SSSR count). The van der Waals surface area contributed by atoms with Gasteiger partial charge in [-0.3, -0.25) is 68.4 Å². The SMILES string of the molecule is CC(=O)N(C)Cc1ccc(-c2cc(OCc3ncccc3C(N)=O)c3cccnc3c2)cc1.CNC(=O)c1ccc(-c2cc(O[C@H](C)[C@H]3CNC(=O)C3)c3cccnc3c2)cn1.COc1ccc(-c2cc(OCc3ncccc3C(N)=O)c3cccnc3c2)cn1.C[C@@H](Oc1cc(-c2ccc(CN3CCCCC3=O)cc2)cc2ncccc12)[C@H]1CNC(=O)C1. The number of carbonyl (C=O) groups is 7. The predicted octanol–water partition coefficient (Wildman–Crippen LogP) is 14.2. The van der Waals surface area contributed by atoms with Gasteiger partial charge in [-0.15, -0.1) is 0 Å². The molecule has 3 saturated heterocycles. The molecule has 0 bridgehead atoms. The number of nitrogens with zero attached hydrogens (tertiary/aromatic N) is 10. The molecule has 124 heavy (non-hydrogen) atoms. The Morgan fingerprint density at radius 2 is 0.903 bits per heavy atom. The summed E-state index contributed by atoms with van der Waals surface area (Å²) in [5.74, 6) is 2.70. The smallest absolute Gasteiger partial charge is 0.269 e. The Morgan fingerprint density at radius 3 is 1.30 bits per heavy atom. The van der Waals surface area contributed by atoms with E-state index in [1.807, 2.05) is 140 Å². The van der Waals surface area contributed by atoms with Crippen LogP contribution in [0.15, 0.2) is 244 Å². The molecule has 27 heteroatoms. The number of ether oxygens (including phenoxy) is 5. The molecule has 27 nitrogen and oxygen atoms in total. The molecule has 4 atom stereocenters. The number of primary amides is 2. The van der Waals surface area contributed by atoms with Gasteiger partial charge in [0, 0.05) is 173 Å². The minimum atomic E-state index is -0.544. The van der Waals surface area contributed by atoms with Crippen molar-refractivity contribution in [3.8, 4) is 73.4 Å². The molecule has 7 amide bonds. The average molecular weight is 1660 g/mol. The number of fused-ring (bicyclic) bond motifs is 4. The van der Waals surface area contributed by atoms with Crippen molar-refractivity contribution in [2.45, 2.75) is 91.4 Å². The van der Waals surface area contributed by atoms with Gasteiger partial charge in [0.15, 0.2) is 0 Å². The van der Waals surface area contributed by atoms with Crippen LogP contribution in [0.1, 0.15) is 107 Å². The molecule has 628 valence electrons. The molecule has 0 radical (unpaired) electrons. The van der Waals surface area contributed by atoms with Crippen LogP contribution in [-0.2, 0) is 45.5 Å². The van der Waals surface area contributed by atoms with Crippen LogP contribution in [0, 0.1) is 11.8 Å². The first kappa shape index (κ1) is 85.3. The Bertz CT molecular complexity index is 6240. The maximum atomic E-state index is 12.1. The monoisotopic (exact) mass is 1660 g/mol. The highest BCUT2D eigenvalue weighted by molar-refractivity contribution is 5.97. The van der Waals surface area contributed by atoms with Gasteiger partial charge in [-0.1, -0.05) is 54.6 Å². The molecule has 3 aliphatic rings. The molecule has 0 unspecified atom stereocenters. The maximum absolute atomic E-state index is 12.1. The third-order valence-corrected chi connectivity index (χ3v) is 21.9. The molecule has 0 spiro atoms. The largest absolute Gasteiger partial charge is 0.490 e. The second-order valence-electron chi connectivity index (χ2n) is 30.3. The molecular formula is C97H93N15O12. The van der Waals surface area contributed by atoms with E-state index in [9.17, 15) is 33.6 Å². The van der Waals surface area contributed by atoms with Crippen molar-refractivity contribution in [1.82, 2.24) is 65.6 Å².